The highest BCUT2D eigenvalue weighted by Gasteiger charge is 2.75. The molecule has 1 aromatic rings. The number of aliphatic hydroxyl groups excluding tert-OH is 1. The molecule has 4 aliphatic heterocycles. The average Bonchev–Trinajstić information content (AvgIpc) is 3.25. The second-order valence-electron chi connectivity index (χ2n) is 10.2. The van der Waals surface area contributed by atoms with Crippen LogP contribution in [-0.4, -0.2) is 71.3 Å². The van der Waals surface area contributed by atoms with Crippen LogP contribution in [-0.2, 0) is 23.9 Å². The van der Waals surface area contributed by atoms with Gasteiger partial charge in [-0.2, -0.15) is 0 Å². The summed E-state index contributed by atoms with van der Waals surface area (Å²) in [6.07, 6.45) is 9.67. The Hall–Kier alpha value is -2.68. The van der Waals surface area contributed by atoms with Gasteiger partial charge < -0.3 is 24.4 Å². The van der Waals surface area contributed by atoms with Crippen LogP contribution in [0.5, 0.6) is 0 Å². The first-order valence-corrected chi connectivity index (χ1v) is 13.4. The van der Waals surface area contributed by atoms with Gasteiger partial charge in [-0.1, -0.05) is 55.0 Å². The van der Waals surface area contributed by atoms with E-state index in [0.29, 0.717) is 30.0 Å². The number of amides is 2. The number of cyclic esters (lactones) is 1. The van der Waals surface area contributed by atoms with Crippen molar-refractivity contribution in [3.8, 4) is 0 Å². The van der Waals surface area contributed by atoms with Crippen molar-refractivity contribution in [1.29, 1.82) is 0 Å². The third-order valence-electron chi connectivity index (χ3n) is 8.15. The molecule has 198 valence electrons. The Morgan fingerprint density at radius 3 is 2.68 bits per heavy atom. The highest BCUT2D eigenvalue weighted by atomic mass is 35.5. The Bertz CT molecular complexity index is 1150. The first kappa shape index (κ1) is 25.9. The molecule has 0 radical (unpaired) electrons. The van der Waals surface area contributed by atoms with Crippen molar-refractivity contribution in [2.24, 2.45) is 11.8 Å². The van der Waals surface area contributed by atoms with Crippen LogP contribution in [0.3, 0.4) is 0 Å². The molecule has 0 aliphatic carbocycles. The molecule has 2 amide bonds. The predicted octanol–water partition coefficient (Wildman–Crippen LogP) is 3.19. The van der Waals surface area contributed by atoms with E-state index in [2.05, 4.69) is 0 Å². The average molecular weight is 529 g/mol. The number of fused-ring (bicyclic) bond motifs is 2. The number of carbonyl (C=O) groups is 3. The topological polar surface area (TPSA) is 96.4 Å². The normalized spacial score (nSPS) is 34.2. The Kier molecular flexibility index (Phi) is 6.94. The smallest absolute Gasteiger partial charge is 0.313 e. The number of esters is 1. The minimum atomic E-state index is -1.36. The van der Waals surface area contributed by atoms with Crippen molar-refractivity contribution in [3.63, 3.8) is 0 Å². The van der Waals surface area contributed by atoms with Crippen LogP contribution in [0.15, 0.2) is 42.5 Å². The number of nitrogens with zero attached hydrogens (tertiary/aromatic N) is 2. The van der Waals surface area contributed by atoms with Gasteiger partial charge in [0.2, 0.25) is 5.91 Å². The summed E-state index contributed by atoms with van der Waals surface area (Å²) >= 11 is 6.56. The molecule has 0 bridgehead atoms. The maximum Gasteiger partial charge on any atom is 0.313 e. The van der Waals surface area contributed by atoms with Gasteiger partial charge >= 0.3 is 5.97 Å². The van der Waals surface area contributed by atoms with E-state index in [0.717, 1.165) is 12.0 Å². The summed E-state index contributed by atoms with van der Waals surface area (Å²) in [4.78, 5) is 45.1. The fourth-order valence-electron chi connectivity index (χ4n) is 6.52. The highest BCUT2D eigenvalue weighted by Crippen LogP contribution is 2.58. The molecule has 0 saturated carbocycles. The number of allylic oxidation sites excluding steroid dienone is 1. The fraction of sp³-hybridized carbons (Fsp3) is 0.536. The number of aryl methyl sites for hydroxylation is 1. The number of para-hydroxylation sites is 1. The van der Waals surface area contributed by atoms with Gasteiger partial charge in [-0.15, -0.1) is 0 Å². The minimum absolute atomic E-state index is 0.139. The lowest BCUT2D eigenvalue weighted by molar-refractivity contribution is -0.159. The summed E-state index contributed by atoms with van der Waals surface area (Å²) in [5.41, 5.74) is -1.03. The summed E-state index contributed by atoms with van der Waals surface area (Å²) < 4.78 is 12.5. The standard InChI is InChI=1S/C28H33ClN2O6/c1-3-27-12-5-4-6-17-36-26(35)21(27)20-24(33)31(15-9-16-32)23-25(34)30(14-8-13-28(20,23)37-27)22-18(2)10-7-11-19(22)29/h5,7-8,10-13,20-21,23,32H,3-4,6,9,14-17H2,1-2H3/b12-5-/t20-,21-,23?,27+,28-/m0/s1. The van der Waals surface area contributed by atoms with Gasteiger partial charge in [0.05, 0.1) is 23.2 Å². The van der Waals surface area contributed by atoms with E-state index in [9.17, 15) is 19.5 Å². The van der Waals surface area contributed by atoms with Gasteiger partial charge in [0.15, 0.2) is 0 Å². The quantitative estimate of drug-likeness (QED) is 0.466. The number of halogens is 1. The molecule has 37 heavy (non-hydrogen) atoms. The van der Waals surface area contributed by atoms with Crippen LogP contribution in [0.2, 0.25) is 5.02 Å². The van der Waals surface area contributed by atoms with Gasteiger partial charge in [0, 0.05) is 19.7 Å². The molecule has 2 fully saturated rings. The van der Waals surface area contributed by atoms with Crippen molar-refractivity contribution < 1.29 is 29.0 Å². The zero-order chi connectivity index (χ0) is 26.4. The summed E-state index contributed by atoms with van der Waals surface area (Å²) in [5, 5.41) is 10.00. The molecule has 4 heterocycles. The van der Waals surface area contributed by atoms with E-state index in [1.165, 1.54) is 4.90 Å². The second kappa shape index (κ2) is 9.89. The van der Waals surface area contributed by atoms with Crippen LogP contribution in [0.4, 0.5) is 5.69 Å². The number of anilines is 1. The maximum atomic E-state index is 14.4. The van der Waals surface area contributed by atoms with E-state index >= 15 is 0 Å². The Balaban J connectivity index is 1.68. The molecule has 9 heteroatoms. The molecule has 2 saturated heterocycles. The van der Waals surface area contributed by atoms with E-state index in [1.54, 1.807) is 17.0 Å². The highest BCUT2D eigenvalue weighted by molar-refractivity contribution is 6.34. The van der Waals surface area contributed by atoms with E-state index < -0.39 is 35.0 Å². The number of hydrogen-bond acceptors (Lipinski definition) is 6. The predicted molar refractivity (Wildman–Crippen MR) is 138 cm³/mol. The molecule has 1 N–H and O–H groups in total. The minimum Gasteiger partial charge on any atom is -0.465 e. The number of rotatable bonds is 5. The zero-order valence-corrected chi connectivity index (χ0v) is 21.9. The SMILES string of the molecule is CC[C@@]12/C=C\CCCOC(=O)[C@@H]1[C@H]1C(=O)N(CCCO)C3C(=O)N(c4c(C)cccc4Cl)CC=C[C@@]31O2. The molecule has 8 nitrogen and oxygen atoms in total. The number of carbonyl (C=O) groups excluding carboxylic acids is 3. The lowest BCUT2D eigenvalue weighted by Crippen LogP contribution is -2.56. The van der Waals surface area contributed by atoms with Gasteiger partial charge in [0.25, 0.3) is 5.91 Å². The van der Waals surface area contributed by atoms with Crippen molar-refractivity contribution in [2.45, 2.75) is 56.8 Å². The van der Waals surface area contributed by atoms with Crippen LogP contribution >= 0.6 is 11.6 Å². The fourth-order valence-corrected chi connectivity index (χ4v) is 6.84. The van der Waals surface area contributed by atoms with Gasteiger partial charge in [-0.05, 0) is 44.2 Å². The van der Waals surface area contributed by atoms with Crippen molar-refractivity contribution in [3.05, 3.63) is 53.1 Å². The van der Waals surface area contributed by atoms with E-state index in [4.69, 9.17) is 21.1 Å². The lowest BCUT2D eigenvalue weighted by atomic mass is 9.73. The van der Waals surface area contributed by atoms with Crippen molar-refractivity contribution >= 4 is 35.1 Å². The first-order valence-electron chi connectivity index (χ1n) is 13.0. The molecule has 1 spiro atoms. The monoisotopic (exact) mass is 528 g/mol. The summed E-state index contributed by atoms with van der Waals surface area (Å²) in [5.74, 6) is -2.97. The Morgan fingerprint density at radius 1 is 1.14 bits per heavy atom. The molecule has 1 unspecified atom stereocenters. The van der Waals surface area contributed by atoms with Crippen molar-refractivity contribution in [1.82, 2.24) is 4.90 Å². The third-order valence-corrected chi connectivity index (χ3v) is 8.45. The lowest BCUT2D eigenvalue weighted by Gasteiger charge is -2.38. The molecule has 5 atom stereocenters. The second-order valence-corrected chi connectivity index (χ2v) is 10.6. The largest absolute Gasteiger partial charge is 0.465 e. The van der Waals surface area contributed by atoms with Crippen LogP contribution in [0.1, 0.15) is 38.2 Å². The first-order chi connectivity index (χ1) is 17.8. The Morgan fingerprint density at radius 2 is 1.95 bits per heavy atom. The summed E-state index contributed by atoms with van der Waals surface area (Å²) in [6, 6.07) is 4.42. The number of hydrogen-bond donors (Lipinski definition) is 1. The molecule has 1 aromatic carbocycles. The number of ether oxygens (including phenoxy) is 2. The van der Waals surface area contributed by atoms with E-state index in [-0.39, 0.29) is 38.1 Å². The van der Waals surface area contributed by atoms with Crippen LogP contribution < -0.4 is 4.90 Å². The van der Waals surface area contributed by atoms with Crippen LogP contribution in [0, 0.1) is 18.8 Å². The van der Waals surface area contributed by atoms with Gasteiger partial charge in [-0.25, -0.2) is 0 Å². The third kappa shape index (κ3) is 3.92. The van der Waals surface area contributed by atoms with Crippen molar-refractivity contribution in [2.75, 3.05) is 31.2 Å². The summed E-state index contributed by atoms with van der Waals surface area (Å²) in [7, 11) is 0. The molecular weight excluding hydrogens is 496 g/mol. The van der Waals surface area contributed by atoms with Gasteiger partial charge in [-0.3, -0.25) is 14.4 Å². The molecular formula is C28H33ClN2O6. The van der Waals surface area contributed by atoms with Crippen LogP contribution in [0.25, 0.3) is 0 Å². The Labute approximate surface area is 221 Å². The molecule has 5 rings (SSSR count). The molecule has 0 aromatic heterocycles. The van der Waals surface area contributed by atoms with E-state index in [1.807, 2.05) is 44.2 Å². The number of aliphatic hydroxyl groups is 1. The number of benzene rings is 1. The van der Waals surface area contributed by atoms with Gasteiger partial charge in [0.1, 0.15) is 23.2 Å². The summed E-state index contributed by atoms with van der Waals surface area (Å²) in [6.45, 7) is 4.33. The zero-order valence-electron chi connectivity index (χ0n) is 21.2. The molecule has 4 aliphatic rings. The number of likely N-dealkylation sites (tertiary alicyclic amines) is 1. The maximum absolute atomic E-state index is 14.4.